The Morgan fingerprint density at radius 1 is 0.800 bits per heavy atom. The third kappa shape index (κ3) is 4.14. The lowest BCUT2D eigenvalue weighted by molar-refractivity contribution is -0.393. The Morgan fingerprint density at radius 3 is 1.13 bits per heavy atom. The van der Waals surface area contributed by atoms with Crippen molar-refractivity contribution in [2.24, 2.45) is 5.92 Å². The van der Waals surface area contributed by atoms with Gasteiger partial charge >= 0.3 is 18.5 Å². The normalized spacial score (nSPS) is 14.0. The summed E-state index contributed by atoms with van der Waals surface area (Å²) >= 11 is 0. The van der Waals surface area contributed by atoms with E-state index in [1.807, 2.05) is 0 Å². The Hall–Kier alpha value is -0.670. The largest absolute Gasteiger partial charge is 1.00 e. The Bertz CT molecular complexity index is 178. The van der Waals surface area contributed by atoms with Crippen molar-refractivity contribution in [2.75, 3.05) is 7.11 Å². The third-order valence-electron chi connectivity index (χ3n) is 1.26. The van der Waals surface area contributed by atoms with Crippen LogP contribution in [0.3, 0.4) is 0 Å². The van der Waals surface area contributed by atoms with Crippen molar-refractivity contribution >= 4 is 0 Å². The fraction of sp³-hybridized carbons (Fsp3) is 1.00. The van der Waals surface area contributed by atoms with Crippen molar-refractivity contribution in [3.8, 4) is 0 Å². The Kier molecular flexibility index (Phi) is 4.97. The summed E-state index contributed by atoms with van der Waals surface area (Å²) < 4.78 is 96.9. The first-order valence-corrected chi connectivity index (χ1v) is 2.99. The molecule has 0 fully saturated rings. The van der Waals surface area contributed by atoms with Crippen molar-refractivity contribution in [1.29, 1.82) is 0 Å². The average molecular weight is 251 g/mol. The zero-order valence-corrected chi connectivity index (χ0v) is 6.89. The van der Waals surface area contributed by atoms with Gasteiger partial charge in [-0.3, -0.25) is 0 Å². The maximum atomic E-state index is 12.1. The molecule has 0 aliphatic rings. The monoisotopic (exact) mass is 251 g/mol. The van der Waals surface area contributed by atoms with E-state index in [9.17, 15) is 35.1 Å². The molecule has 0 saturated carbocycles. The number of rotatable bonds is 2. The topological polar surface area (TPSA) is 9.23 Å². The highest BCUT2D eigenvalue weighted by Crippen LogP contribution is 2.48. The van der Waals surface area contributed by atoms with Crippen LogP contribution < -0.4 is 4.70 Å². The highest BCUT2D eigenvalue weighted by molar-refractivity contribution is 4.82. The minimum Gasteiger partial charge on any atom is -1.00 e. The van der Waals surface area contributed by atoms with Crippen LogP contribution in [0.2, 0.25) is 0 Å². The van der Waals surface area contributed by atoms with E-state index in [2.05, 4.69) is 4.74 Å². The van der Waals surface area contributed by atoms with Crippen LogP contribution in [0.4, 0.5) is 35.1 Å². The smallest absolute Gasteiger partial charge is 0.409 e. The molecule has 0 spiro atoms. The molecule has 0 atom stereocenters. The molecule has 10 heteroatoms. The molecule has 0 radical (unpaired) electrons. The molecule has 0 saturated heterocycles. The number of methoxy groups -OCH3 is 1. The fourth-order valence-electron chi connectivity index (χ4n) is 0.684. The number of ether oxygens (including phenoxy) is 1. The van der Waals surface area contributed by atoms with Crippen LogP contribution >= 0.6 is 0 Å². The molecule has 94 valence electrons. The van der Waals surface area contributed by atoms with Gasteiger partial charge in [0.05, 0.1) is 0 Å². The first kappa shape index (κ1) is 16.7. The molecular formula is C5H4F9O-. The SMILES string of the molecule is COC(F)(F)C(C(F)(F)F)C(F)(F)F.[F-]. The predicted molar refractivity (Wildman–Crippen MR) is 27.6 cm³/mol. The van der Waals surface area contributed by atoms with E-state index in [0.717, 1.165) is 0 Å². The van der Waals surface area contributed by atoms with Crippen molar-refractivity contribution in [3.05, 3.63) is 0 Å². The van der Waals surface area contributed by atoms with Crippen LogP contribution in [0.15, 0.2) is 0 Å². The molecule has 0 aromatic heterocycles. The zero-order chi connectivity index (χ0) is 11.8. The van der Waals surface area contributed by atoms with Crippen molar-refractivity contribution in [3.63, 3.8) is 0 Å². The van der Waals surface area contributed by atoms with E-state index < -0.39 is 24.4 Å². The summed E-state index contributed by atoms with van der Waals surface area (Å²) in [7, 11) is 0.0600. The molecule has 0 bridgehead atoms. The van der Waals surface area contributed by atoms with Crippen LogP contribution in [0, 0.1) is 5.92 Å². The molecular weight excluding hydrogens is 247 g/mol. The highest BCUT2D eigenvalue weighted by atomic mass is 19.4. The van der Waals surface area contributed by atoms with Crippen LogP contribution in [0.25, 0.3) is 0 Å². The van der Waals surface area contributed by atoms with Crippen LogP contribution in [0.1, 0.15) is 0 Å². The van der Waals surface area contributed by atoms with Crippen LogP contribution in [-0.4, -0.2) is 25.6 Å². The Labute approximate surface area is 77.4 Å². The molecule has 0 aromatic carbocycles. The van der Waals surface area contributed by atoms with E-state index in [0.29, 0.717) is 0 Å². The number of alkyl halides is 8. The van der Waals surface area contributed by atoms with Gasteiger partial charge in [0.2, 0.25) is 5.92 Å². The van der Waals surface area contributed by atoms with Gasteiger partial charge in [0.15, 0.2) is 0 Å². The van der Waals surface area contributed by atoms with E-state index >= 15 is 0 Å². The van der Waals surface area contributed by atoms with Gasteiger partial charge in [0.25, 0.3) is 0 Å². The molecule has 15 heavy (non-hydrogen) atoms. The standard InChI is InChI=1S/C5H4F8O.FH/c1-14-5(12,13)2(3(6,7)8)4(9,10)11;/h2H,1H3;1H/p-1. The summed E-state index contributed by atoms with van der Waals surface area (Å²) in [5, 5.41) is 0. The first-order chi connectivity index (χ1) is 5.93. The summed E-state index contributed by atoms with van der Waals surface area (Å²) in [6.45, 7) is 0. The maximum absolute atomic E-state index is 12.1. The molecule has 0 aliphatic carbocycles. The quantitative estimate of drug-likeness (QED) is 0.626. The van der Waals surface area contributed by atoms with Crippen molar-refractivity contribution in [2.45, 2.75) is 18.5 Å². The second-order valence-corrected chi connectivity index (χ2v) is 2.28. The van der Waals surface area contributed by atoms with Gasteiger partial charge in [0.1, 0.15) is 0 Å². The fourth-order valence-corrected chi connectivity index (χ4v) is 0.684. The van der Waals surface area contributed by atoms with Crippen LogP contribution in [-0.2, 0) is 4.74 Å². The Morgan fingerprint density at radius 2 is 1.07 bits per heavy atom. The summed E-state index contributed by atoms with van der Waals surface area (Å²) in [5.74, 6) is -4.81. The lowest BCUT2D eigenvalue weighted by Gasteiger charge is -2.28. The summed E-state index contributed by atoms with van der Waals surface area (Å²) in [4.78, 5) is 0. The number of halogens is 9. The van der Waals surface area contributed by atoms with Gasteiger partial charge in [-0.15, -0.1) is 0 Å². The van der Waals surface area contributed by atoms with E-state index in [-0.39, 0.29) is 11.8 Å². The zero-order valence-electron chi connectivity index (χ0n) is 6.89. The molecule has 1 nitrogen and oxygen atoms in total. The molecule has 0 amide bonds. The lowest BCUT2D eigenvalue weighted by Crippen LogP contribution is -3.00. The van der Waals surface area contributed by atoms with E-state index in [1.54, 1.807) is 0 Å². The number of hydrogen-bond donors (Lipinski definition) is 0. The molecule has 0 heterocycles. The van der Waals surface area contributed by atoms with Gasteiger partial charge in [-0.2, -0.15) is 35.1 Å². The molecule has 0 N–H and O–H groups in total. The summed E-state index contributed by atoms with van der Waals surface area (Å²) in [6, 6.07) is 0. The third-order valence-corrected chi connectivity index (χ3v) is 1.26. The lowest BCUT2D eigenvalue weighted by atomic mass is 10.1. The van der Waals surface area contributed by atoms with Crippen molar-refractivity contribution < 1.29 is 44.6 Å². The number of hydrogen-bond acceptors (Lipinski definition) is 1. The second-order valence-electron chi connectivity index (χ2n) is 2.28. The highest BCUT2D eigenvalue weighted by Gasteiger charge is 2.69. The van der Waals surface area contributed by atoms with E-state index in [4.69, 9.17) is 0 Å². The minimum atomic E-state index is -6.11. The summed E-state index contributed by atoms with van der Waals surface area (Å²) in [5.41, 5.74) is 0. The summed E-state index contributed by atoms with van der Waals surface area (Å²) in [6.07, 6.45) is -17.5. The van der Waals surface area contributed by atoms with E-state index in [1.165, 1.54) is 0 Å². The van der Waals surface area contributed by atoms with Crippen molar-refractivity contribution in [1.82, 2.24) is 0 Å². The van der Waals surface area contributed by atoms with Gasteiger partial charge in [0, 0.05) is 7.11 Å². The molecule has 0 aliphatic heterocycles. The first-order valence-electron chi connectivity index (χ1n) is 2.99. The maximum Gasteiger partial charge on any atom is 0.409 e. The minimum absolute atomic E-state index is 0. The van der Waals surface area contributed by atoms with Gasteiger partial charge in [-0.25, -0.2) is 0 Å². The average Bonchev–Trinajstić information content (AvgIpc) is 1.79. The molecule has 0 rings (SSSR count). The van der Waals surface area contributed by atoms with Gasteiger partial charge < -0.3 is 9.44 Å². The molecule has 0 unspecified atom stereocenters. The predicted octanol–water partition coefficient (Wildman–Crippen LogP) is -0.0296. The van der Waals surface area contributed by atoms with Crippen LogP contribution in [0.5, 0.6) is 0 Å². The van der Waals surface area contributed by atoms with Gasteiger partial charge in [-0.05, 0) is 0 Å². The molecule has 0 aromatic rings. The second kappa shape index (κ2) is 4.45. The van der Waals surface area contributed by atoms with Gasteiger partial charge in [-0.1, -0.05) is 0 Å². The Balaban J connectivity index is 0.